The van der Waals surface area contributed by atoms with E-state index in [1.165, 1.54) is 0 Å². The standard InChI is InChI=1S/C32H43N5O6/c1-31(2,3)43-30(42)36-16-5-4-7-26(36)34-17-13-32(14-18-34)12-6-15-35(20-32)21-8-9-22-23(19-21)29(41)37(28(22)40)24-10-11-25(38)33-27(24)39/h8-9,19,24,26H,4-7,10-18,20H2,1-3H3,(H,33,38,39). The van der Waals surface area contributed by atoms with Crippen LogP contribution in [0.4, 0.5) is 10.5 Å². The van der Waals surface area contributed by atoms with E-state index in [1.54, 1.807) is 12.1 Å². The van der Waals surface area contributed by atoms with Crippen LogP contribution in [0.2, 0.25) is 0 Å². The van der Waals surface area contributed by atoms with Gasteiger partial charge in [0.2, 0.25) is 11.8 Å². The second-order valence-electron chi connectivity index (χ2n) is 13.9. The molecule has 6 rings (SSSR count). The number of carbonyl (C=O) groups excluding carboxylic acids is 5. The molecular formula is C32H43N5O6. The number of nitrogens with one attached hydrogen (secondary N) is 1. The predicted octanol–water partition coefficient (Wildman–Crippen LogP) is 3.52. The molecule has 1 aromatic carbocycles. The molecule has 0 bridgehead atoms. The number of rotatable bonds is 3. The summed E-state index contributed by atoms with van der Waals surface area (Å²) in [5, 5.41) is 2.25. The van der Waals surface area contributed by atoms with E-state index in [0.717, 1.165) is 88.3 Å². The van der Waals surface area contributed by atoms with Crippen molar-refractivity contribution >= 4 is 35.4 Å². The van der Waals surface area contributed by atoms with Crippen molar-refractivity contribution in [3.05, 3.63) is 29.3 Å². The van der Waals surface area contributed by atoms with Crippen molar-refractivity contribution in [1.82, 2.24) is 20.0 Å². The molecule has 4 fully saturated rings. The van der Waals surface area contributed by atoms with Crippen LogP contribution in [0, 0.1) is 5.41 Å². The van der Waals surface area contributed by atoms with Gasteiger partial charge in [-0.1, -0.05) is 0 Å². The van der Waals surface area contributed by atoms with E-state index in [1.807, 2.05) is 31.7 Å². The van der Waals surface area contributed by atoms with Crippen molar-refractivity contribution < 1.29 is 28.7 Å². The highest BCUT2D eigenvalue weighted by atomic mass is 16.6. The summed E-state index contributed by atoms with van der Waals surface area (Å²) in [6.07, 6.45) is 7.44. The van der Waals surface area contributed by atoms with Gasteiger partial charge in [0, 0.05) is 44.8 Å². The molecule has 1 N–H and O–H groups in total. The molecule has 5 aliphatic heterocycles. The van der Waals surface area contributed by atoms with Crippen molar-refractivity contribution in [2.75, 3.05) is 37.6 Å². The van der Waals surface area contributed by atoms with Gasteiger partial charge in [-0.05, 0) is 95.8 Å². The first-order chi connectivity index (χ1) is 20.4. The maximum Gasteiger partial charge on any atom is 0.411 e. The normalized spacial score (nSPS) is 26.5. The Hall–Kier alpha value is -3.47. The van der Waals surface area contributed by atoms with E-state index in [4.69, 9.17) is 4.74 Å². The maximum absolute atomic E-state index is 13.4. The monoisotopic (exact) mass is 593 g/mol. The van der Waals surface area contributed by atoms with Crippen molar-refractivity contribution in [3.8, 4) is 0 Å². The molecule has 1 aromatic rings. The molecule has 11 nitrogen and oxygen atoms in total. The number of fused-ring (bicyclic) bond motifs is 1. The summed E-state index contributed by atoms with van der Waals surface area (Å²) in [5.41, 5.74) is 1.17. The minimum Gasteiger partial charge on any atom is -0.444 e. The minimum absolute atomic E-state index is 0.0771. The smallest absolute Gasteiger partial charge is 0.411 e. The summed E-state index contributed by atoms with van der Waals surface area (Å²) in [6, 6.07) is 4.45. The summed E-state index contributed by atoms with van der Waals surface area (Å²) < 4.78 is 5.74. The number of benzene rings is 1. The topological polar surface area (TPSA) is 120 Å². The lowest BCUT2D eigenvalue weighted by Crippen LogP contribution is -2.58. The average molecular weight is 594 g/mol. The Labute approximate surface area is 252 Å². The van der Waals surface area contributed by atoms with Crippen molar-refractivity contribution in [3.63, 3.8) is 0 Å². The molecular weight excluding hydrogens is 550 g/mol. The van der Waals surface area contributed by atoms with Gasteiger partial charge >= 0.3 is 6.09 Å². The first-order valence-corrected chi connectivity index (χ1v) is 15.8. The van der Waals surface area contributed by atoms with Gasteiger partial charge in [-0.3, -0.25) is 39.2 Å². The molecule has 0 aromatic heterocycles. The van der Waals surface area contributed by atoms with Crippen molar-refractivity contribution in [1.29, 1.82) is 0 Å². The number of carbonyl (C=O) groups is 5. The van der Waals surface area contributed by atoms with E-state index in [0.29, 0.717) is 11.1 Å². The van der Waals surface area contributed by atoms with Gasteiger partial charge in [-0.15, -0.1) is 0 Å². The summed E-state index contributed by atoms with van der Waals surface area (Å²) in [5.74, 6) is -1.94. The third-order valence-corrected chi connectivity index (χ3v) is 9.83. The summed E-state index contributed by atoms with van der Waals surface area (Å²) in [7, 11) is 0. The molecule has 5 aliphatic rings. The largest absolute Gasteiger partial charge is 0.444 e. The predicted molar refractivity (Wildman–Crippen MR) is 158 cm³/mol. The van der Waals surface area contributed by atoms with Crippen LogP contribution in [-0.4, -0.2) is 95.0 Å². The number of amides is 5. The lowest BCUT2D eigenvalue weighted by molar-refractivity contribution is -0.136. The van der Waals surface area contributed by atoms with Crippen molar-refractivity contribution in [2.45, 2.75) is 96.4 Å². The van der Waals surface area contributed by atoms with Gasteiger partial charge in [0.05, 0.1) is 17.3 Å². The molecule has 2 unspecified atom stereocenters. The molecule has 1 spiro atoms. The molecule has 0 saturated carbocycles. The number of imide groups is 2. The van der Waals surface area contributed by atoms with E-state index in [9.17, 15) is 24.0 Å². The highest BCUT2D eigenvalue weighted by Gasteiger charge is 2.46. The average Bonchev–Trinajstić information content (AvgIpc) is 3.21. The number of likely N-dealkylation sites (tertiary alicyclic amines) is 2. The third-order valence-electron chi connectivity index (χ3n) is 9.83. The Kier molecular flexibility index (Phi) is 7.73. The van der Waals surface area contributed by atoms with Crippen LogP contribution in [0.25, 0.3) is 0 Å². The zero-order chi connectivity index (χ0) is 30.5. The number of piperidine rings is 4. The summed E-state index contributed by atoms with van der Waals surface area (Å²) in [4.78, 5) is 71.3. The Bertz CT molecular complexity index is 1330. The fourth-order valence-corrected chi connectivity index (χ4v) is 7.62. The molecule has 11 heteroatoms. The van der Waals surface area contributed by atoms with E-state index in [2.05, 4.69) is 15.1 Å². The molecule has 0 radical (unpaired) electrons. The van der Waals surface area contributed by atoms with Crippen LogP contribution in [0.3, 0.4) is 0 Å². The quantitative estimate of drug-likeness (QED) is 0.529. The highest BCUT2D eigenvalue weighted by Crippen LogP contribution is 2.43. The van der Waals surface area contributed by atoms with Gasteiger partial charge in [-0.25, -0.2) is 4.79 Å². The molecule has 5 heterocycles. The molecule has 2 atom stereocenters. The molecule has 4 saturated heterocycles. The van der Waals surface area contributed by atoms with Crippen LogP contribution in [0.5, 0.6) is 0 Å². The van der Waals surface area contributed by atoms with Crippen LogP contribution in [0.1, 0.15) is 99.3 Å². The minimum atomic E-state index is -0.965. The number of nitrogens with zero attached hydrogens (tertiary/aromatic N) is 4. The number of hydrogen-bond acceptors (Lipinski definition) is 8. The molecule has 43 heavy (non-hydrogen) atoms. The van der Waals surface area contributed by atoms with Crippen molar-refractivity contribution in [2.24, 2.45) is 5.41 Å². The number of anilines is 1. The second kappa shape index (κ2) is 11.2. The maximum atomic E-state index is 13.4. The van der Waals surface area contributed by atoms with E-state index in [-0.39, 0.29) is 36.4 Å². The first kappa shape index (κ1) is 29.6. The van der Waals surface area contributed by atoms with Gasteiger partial charge in [0.1, 0.15) is 11.6 Å². The molecule has 232 valence electrons. The Balaban J connectivity index is 1.12. The van der Waals surface area contributed by atoms with Gasteiger partial charge in [0.25, 0.3) is 11.8 Å². The lowest BCUT2D eigenvalue weighted by Gasteiger charge is -2.51. The fourth-order valence-electron chi connectivity index (χ4n) is 7.62. The Morgan fingerprint density at radius 2 is 1.65 bits per heavy atom. The zero-order valence-corrected chi connectivity index (χ0v) is 25.5. The summed E-state index contributed by atoms with van der Waals surface area (Å²) in [6.45, 7) is 10.1. The number of ether oxygens (including phenoxy) is 1. The third kappa shape index (κ3) is 5.75. The van der Waals surface area contributed by atoms with Gasteiger partial charge < -0.3 is 9.64 Å². The van der Waals surface area contributed by atoms with E-state index < -0.39 is 29.4 Å². The van der Waals surface area contributed by atoms with Crippen LogP contribution in [0.15, 0.2) is 18.2 Å². The van der Waals surface area contributed by atoms with Crippen LogP contribution in [-0.2, 0) is 14.3 Å². The van der Waals surface area contributed by atoms with Crippen LogP contribution < -0.4 is 10.2 Å². The molecule has 5 amide bonds. The first-order valence-electron chi connectivity index (χ1n) is 15.8. The Morgan fingerprint density at radius 1 is 0.907 bits per heavy atom. The fraction of sp³-hybridized carbons (Fsp3) is 0.656. The van der Waals surface area contributed by atoms with Gasteiger partial charge in [-0.2, -0.15) is 0 Å². The lowest BCUT2D eigenvalue weighted by atomic mass is 9.72. The van der Waals surface area contributed by atoms with Crippen LogP contribution >= 0.6 is 0 Å². The second-order valence-corrected chi connectivity index (χ2v) is 13.9. The zero-order valence-electron chi connectivity index (χ0n) is 25.5. The highest BCUT2D eigenvalue weighted by molar-refractivity contribution is 6.23. The summed E-state index contributed by atoms with van der Waals surface area (Å²) >= 11 is 0. The number of hydrogen-bond donors (Lipinski definition) is 1. The molecule has 0 aliphatic carbocycles. The van der Waals surface area contributed by atoms with E-state index >= 15 is 0 Å². The SMILES string of the molecule is CC(C)(C)OC(=O)N1CCCCC1N1CCC2(CCCN(c3ccc4c(c3)C(=O)N(C3CCC(=O)NC3=O)C4=O)C2)CC1. The van der Waals surface area contributed by atoms with Gasteiger partial charge in [0.15, 0.2) is 0 Å². The Morgan fingerprint density at radius 3 is 2.37 bits per heavy atom.